The van der Waals surface area contributed by atoms with Crippen LogP contribution < -0.4 is 5.32 Å². The molecule has 0 saturated carbocycles. The fourth-order valence-electron chi connectivity index (χ4n) is 3.16. The molecular formula is C19H16ClN3O4S2. The number of thiophene rings is 1. The zero-order valence-corrected chi connectivity index (χ0v) is 17.8. The number of benzene rings is 1. The van der Waals surface area contributed by atoms with E-state index in [0.717, 1.165) is 21.2 Å². The maximum absolute atomic E-state index is 13.1. The lowest BCUT2D eigenvalue weighted by Gasteiger charge is -2.27. The van der Waals surface area contributed by atoms with Crippen molar-refractivity contribution in [1.29, 1.82) is 0 Å². The molecule has 0 atom stereocenters. The van der Waals surface area contributed by atoms with Gasteiger partial charge < -0.3 is 10.4 Å². The third-order valence-corrected chi connectivity index (χ3v) is 8.01. The molecule has 0 bridgehead atoms. The predicted molar refractivity (Wildman–Crippen MR) is 114 cm³/mol. The van der Waals surface area contributed by atoms with Crippen LogP contribution in [0, 0.1) is 6.92 Å². The lowest BCUT2D eigenvalue weighted by molar-refractivity contribution is -0.115. The molecule has 150 valence electrons. The van der Waals surface area contributed by atoms with Gasteiger partial charge in [0.1, 0.15) is 10.7 Å². The van der Waals surface area contributed by atoms with Crippen LogP contribution in [0.5, 0.6) is 0 Å². The zero-order valence-electron chi connectivity index (χ0n) is 15.4. The molecule has 1 amide bonds. The first-order valence-electron chi connectivity index (χ1n) is 8.54. The number of nitrogens with one attached hydrogen (secondary N) is 1. The molecule has 10 heteroatoms. The molecule has 1 aromatic carbocycles. The fraction of sp³-hybridized carbons (Fsp3) is 0.158. The molecule has 0 saturated heterocycles. The number of aromatic nitrogens is 1. The van der Waals surface area contributed by atoms with Gasteiger partial charge in [-0.2, -0.15) is 0 Å². The Morgan fingerprint density at radius 2 is 2.07 bits per heavy atom. The maximum Gasteiger partial charge on any atom is 0.266 e. The van der Waals surface area contributed by atoms with Crippen molar-refractivity contribution in [3.8, 4) is 0 Å². The second kappa shape index (κ2) is 7.01. The van der Waals surface area contributed by atoms with Gasteiger partial charge in [-0.1, -0.05) is 17.7 Å². The first kappa shape index (κ1) is 19.7. The molecule has 4 rings (SSSR count). The molecule has 3 aromatic rings. The lowest BCUT2D eigenvalue weighted by atomic mass is 10.2. The van der Waals surface area contributed by atoms with Gasteiger partial charge in [0.25, 0.3) is 10.0 Å². The normalized spacial score (nSPS) is 15.5. The number of aliphatic hydroxyl groups excluding tert-OH is 1. The van der Waals surface area contributed by atoms with Gasteiger partial charge in [0.2, 0.25) is 5.91 Å². The van der Waals surface area contributed by atoms with E-state index in [1.54, 1.807) is 36.5 Å². The number of carbonyl (C=O) groups is 1. The van der Waals surface area contributed by atoms with E-state index in [0.29, 0.717) is 20.9 Å². The summed E-state index contributed by atoms with van der Waals surface area (Å²) < 4.78 is 27.8. The minimum absolute atomic E-state index is 0.000283. The molecule has 0 aliphatic carbocycles. The molecular weight excluding hydrogens is 434 g/mol. The number of fused-ring (bicyclic) bond motifs is 3. The van der Waals surface area contributed by atoms with E-state index in [1.807, 2.05) is 6.92 Å². The maximum atomic E-state index is 13.1. The smallest absolute Gasteiger partial charge is 0.266 e. The third-order valence-electron chi connectivity index (χ3n) is 4.60. The number of hydrogen-bond donors (Lipinski definition) is 2. The largest absolute Gasteiger partial charge is 0.505 e. The van der Waals surface area contributed by atoms with E-state index in [4.69, 9.17) is 11.6 Å². The summed E-state index contributed by atoms with van der Waals surface area (Å²) in [5.41, 5.74) is 0.920. The lowest BCUT2D eigenvalue weighted by Crippen LogP contribution is -2.33. The number of rotatable bonds is 3. The number of nitrogens with zero attached hydrogens (tertiary/aromatic N) is 2. The number of sulfonamides is 1. The molecule has 0 unspecified atom stereocenters. The fourth-order valence-corrected chi connectivity index (χ4v) is 6.51. The van der Waals surface area contributed by atoms with Crippen molar-refractivity contribution in [2.24, 2.45) is 0 Å². The molecule has 7 nitrogen and oxygen atoms in total. The summed E-state index contributed by atoms with van der Waals surface area (Å²) in [5.74, 6) is -0.366. The molecule has 0 fully saturated rings. The van der Waals surface area contributed by atoms with Crippen LogP contribution in [0.25, 0.3) is 15.8 Å². The van der Waals surface area contributed by atoms with E-state index in [9.17, 15) is 18.3 Å². The first-order valence-corrected chi connectivity index (χ1v) is 11.2. The summed E-state index contributed by atoms with van der Waals surface area (Å²) >= 11 is 7.14. The second-order valence-electron chi connectivity index (χ2n) is 6.61. The van der Waals surface area contributed by atoms with Crippen LogP contribution >= 0.6 is 22.9 Å². The zero-order chi connectivity index (χ0) is 20.9. The van der Waals surface area contributed by atoms with Gasteiger partial charge in [-0.05, 0) is 36.8 Å². The Bertz CT molecular complexity index is 1300. The van der Waals surface area contributed by atoms with Crippen LogP contribution in [0.1, 0.15) is 16.9 Å². The number of aliphatic hydroxyl groups is 1. The van der Waals surface area contributed by atoms with Gasteiger partial charge in [0.05, 0.1) is 17.0 Å². The highest BCUT2D eigenvalue weighted by atomic mass is 35.5. The van der Waals surface area contributed by atoms with Crippen LogP contribution in [0.4, 0.5) is 5.82 Å². The van der Waals surface area contributed by atoms with Crippen LogP contribution in [0.3, 0.4) is 0 Å². The van der Waals surface area contributed by atoms with Crippen LogP contribution in [0.15, 0.2) is 47.1 Å². The molecule has 0 spiro atoms. The molecule has 2 aromatic heterocycles. The van der Waals surface area contributed by atoms with Gasteiger partial charge >= 0.3 is 0 Å². The van der Waals surface area contributed by atoms with Crippen molar-refractivity contribution in [2.75, 3.05) is 12.4 Å². The summed E-state index contributed by atoms with van der Waals surface area (Å²) in [6.45, 7) is 1.86. The molecule has 2 N–H and O–H groups in total. The SMILES string of the molecule is Cc1ccnc(NC(=O)CC2=C(O)c3sc4cc(Cl)ccc4c3S(=O)(=O)N2C)c1. The predicted octanol–water partition coefficient (Wildman–Crippen LogP) is 4.15. The number of carbonyl (C=O) groups excluding carboxylic acids is 1. The van der Waals surface area contributed by atoms with E-state index in [2.05, 4.69) is 10.3 Å². The summed E-state index contributed by atoms with van der Waals surface area (Å²) in [5, 5.41) is 14.4. The van der Waals surface area contributed by atoms with Crippen molar-refractivity contribution in [2.45, 2.75) is 18.2 Å². The molecule has 3 heterocycles. The number of anilines is 1. The van der Waals surface area contributed by atoms with Crippen LogP contribution in [-0.4, -0.2) is 35.8 Å². The van der Waals surface area contributed by atoms with E-state index in [1.165, 1.54) is 7.05 Å². The average molecular weight is 450 g/mol. The Hall–Kier alpha value is -2.62. The second-order valence-corrected chi connectivity index (χ2v) is 10.0. The van der Waals surface area contributed by atoms with Gasteiger partial charge in [-0.25, -0.2) is 13.4 Å². The van der Waals surface area contributed by atoms with E-state index in [-0.39, 0.29) is 27.6 Å². The van der Waals surface area contributed by atoms with Gasteiger partial charge in [-0.15, -0.1) is 11.3 Å². The van der Waals surface area contributed by atoms with Crippen molar-refractivity contribution in [3.05, 3.63) is 57.7 Å². The highest BCUT2D eigenvalue weighted by Crippen LogP contribution is 2.45. The Balaban J connectivity index is 1.75. The summed E-state index contributed by atoms with van der Waals surface area (Å²) in [6.07, 6.45) is 1.24. The minimum atomic E-state index is -3.94. The van der Waals surface area contributed by atoms with Crippen LogP contribution in [0.2, 0.25) is 5.02 Å². The van der Waals surface area contributed by atoms with Crippen molar-refractivity contribution >= 4 is 60.5 Å². The molecule has 1 aliphatic rings. The van der Waals surface area contributed by atoms with E-state index < -0.39 is 15.9 Å². The topological polar surface area (TPSA) is 99.6 Å². The Morgan fingerprint density at radius 1 is 1.31 bits per heavy atom. The number of amides is 1. The Labute approximate surface area is 176 Å². The Kier molecular flexibility index (Phi) is 4.76. The summed E-state index contributed by atoms with van der Waals surface area (Å²) in [6, 6.07) is 8.36. The monoisotopic (exact) mass is 449 g/mol. The quantitative estimate of drug-likeness (QED) is 0.625. The minimum Gasteiger partial charge on any atom is -0.505 e. The van der Waals surface area contributed by atoms with Crippen molar-refractivity contribution in [3.63, 3.8) is 0 Å². The molecule has 0 radical (unpaired) electrons. The summed E-state index contributed by atoms with van der Waals surface area (Å²) in [7, 11) is -2.62. The highest BCUT2D eigenvalue weighted by molar-refractivity contribution is 7.89. The third kappa shape index (κ3) is 3.35. The number of aryl methyl sites for hydroxylation is 1. The number of halogens is 1. The summed E-state index contributed by atoms with van der Waals surface area (Å²) in [4.78, 5) is 16.8. The molecule has 29 heavy (non-hydrogen) atoms. The Morgan fingerprint density at radius 3 is 2.79 bits per heavy atom. The van der Waals surface area contributed by atoms with Gasteiger partial charge in [0, 0.05) is 28.4 Å². The van der Waals surface area contributed by atoms with Gasteiger partial charge in [0.15, 0.2) is 5.76 Å². The van der Waals surface area contributed by atoms with Crippen molar-refractivity contribution < 1.29 is 18.3 Å². The molecule has 1 aliphatic heterocycles. The highest BCUT2D eigenvalue weighted by Gasteiger charge is 2.38. The van der Waals surface area contributed by atoms with Gasteiger partial charge in [-0.3, -0.25) is 9.10 Å². The standard InChI is InChI=1S/C19H16ClN3O4S2/c1-10-5-6-21-15(7-10)22-16(24)9-13-17(25)18-19(29(26,27)23(13)2)12-4-3-11(20)8-14(12)28-18/h3-8,25H,9H2,1-2H3,(H,21,22,24). The number of pyridine rings is 1. The van der Waals surface area contributed by atoms with Crippen LogP contribution in [-0.2, 0) is 14.8 Å². The number of hydrogen-bond acceptors (Lipinski definition) is 6. The van der Waals surface area contributed by atoms with Crippen molar-refractivity contribution in [1.82, 2.24) is 9.29 Å². The first-order chi connectivity index (χ1) is 13.7. The average Bonchev–Trinajstić information content (AvgIpc) is 3.03. The van der Waals surface area contributed by atoms with E-state index >= 15 is 0 Å².